The van der Waals surface area contributed by atoms with E-state index in [1.54, 1.807) is 30.3 Å². The van der Waals surface area contributed by atoms with Crippen molar-refractivity contribution in [3.63, 3.8) is 0 Å². The molecule has 0 spiro atoms. The van der Waals surface area contributed by atoms with Crippen molar-refractivity contribution in [2.24, 2.45) is 0 Å². The fourth-order valence-corrected chi connectivity index (χ4v) is 2.73. The first-order chi connectivity index (χ1) is 12.8. The van der Waals surface area contributed by atoms with E-state index in [2.05, 4.69) is 37.7 Å². The first-order valence-corrected chi connectivity index (χ1v) is 9.16. The molecule has 1 atom stereocenters. The Labute approximate surface area is 160 Å². The summed E-state index contributed by atoms with van der Waals surface area (Å²) in [5.41, 5.74) is 2.23. The molecule has 5 heteroatoms. The lowest BCUT2D eigenvalue weighted by molar-refractivity contribution is -0.111. The van der Waals surface area contributed by atoms with E-state index in [4.69, 9.17) is 4.42 Å². The smallest absolute Gasteiger partial charge is 0.337 e. The van der Waals surface area contributed by atoms with E-state index in [0.717, 1.165) is 12.2 Å². The molecule has 0 saturated heterocycles. The summed E-state index contributed by atoms with van der Waals surface area (Å²) in [6.07, 6.45) is 4.15. The van der Waals surface area contributed by atoms with Crippen LogP contribution in [0, 0.1) is 0 Å². The van der Waals surface area contributed by atoms with Gasteiger partial charge in [-0.2, -0.15) is 0 Å². The number of nitrogens with one attached hydrogen (secondary N) is 1. The number of rotatable bonds is 7. The van der Waals surface area contributed by atoms with Crippen LogP contribution in [0.2, 0.25) is 0 Å². The number of anilines is 1. The van der Waals surface area contributed by atoms with E-state index in [-0.39, 0.29) is 5.91 Å². The molecule has 1 aromatic carbocycles. The van der Waals surface area contributed by atoms with E-state index in [1.807, 2.05) is 6.07 Å². The standard InChI is InChI=1S/C22H27NO4/c1-6-15(4)19-13-18(27-21(19)14(2)3)11-12-20(24)23-17-9-7-16(8-10-17)22(25)26-5/h7-15H,6H2,1-5H3,(H,23,24)/b12-11+. The van der Waals surface area contributed by atoms with Crippen LogP contribution in [0.5, 0.6) is 0 Å². The van der Waals surface area contributed by atoms with Crippen LogP contribution >= 0.6 is 0 Å². The van der Waals surface area contributed by atoms with Gasteiger partial charge in [0.2, 0.25) is 5.91 Å². The van der Waals surface area contributed by atoms with Crippen LogP contribution in [0.25, 0.3) is 6.08 Å². The normalized spacial score (nSPS) is 12.4. The number of benzene rings is 1. The van der Waals surface area contributed by atoms with Gasteiger partial charge in [-0.25, -0.2) is 4.79 Å². The molecule has 0 aliphatic heterocycles. The van der Waals surface area contributed by atoms with Crippen molar-refractivity contribution in [1.82, 2.24) is 0 Å². The lowest BCUT2D eigenvalue weighted by Gasteiger charge is -2.10. The second-order valence-electron chi connectivity index (χ2n) is 6.82. The Balaban J connectivity index is 2.07. The third kappa shape index (κ3) is 5.33. The van der Waals surface area contributed by atoms with Gasteiger partial charge in [0.25, 0.3) is 0 Å². The highest BCUT2D eigenvalue weighted by molar-refractivity contribution is 6.02. The molecule has 27 heavy (non-hydrogen) atoms. The second-order valence-corrected chi connectivity index (χ2v) is 6.82. The van der Waals surface area contributed by atoms with E-state index >= 15 is 0 Å². The van der Waals surface area contributed by atoms with Crippen molar-refractivity contribution in [2.45, 2.75) is 46.0 Å². The molecule has 0 fully saturated rings. The average Bonchev–Trinajstić information content (AvgIpc) is 3.10. The summed E-state index contributed by atoms with van der Waals surface area (Å²) in [5, 5.41) is 2.75. The number of esters is 1. The molecule has 0 bridgehead atoms. The minimum Gasteiger partial charge on any atom is -0.465 e. The maximum absolute atomic E-state index is 12.1. The van der Waals surface area contributed by atoms with Crippen LogP contribution in [0.3, 0.4) is 0 Å². The Morgan fingerprint density at radius 2 is 1.85 bits per heavy atom. The third-order valence-corrected chi connectivity index (χ3v) is 4.45. The van der Waals surface area contributed by atoms with Gasteiger partial charge < -0.3 is 14.5 Å². The van der Waals surface area contributed by atoms with E-state index < -0.39 is 5.97 Å². The van der Waals surface area contributed by atoms with Gasteiger partial charge in [0, 0.05) is 17.7 Å². The summed E-state index contributed by atoms with van der Waals surface area (Å²) in [6.45, 7) is 8.52. The van der Waals surface area contributed by atoms with Crippen molar-refractivity contribution >= 4 is 23.6 Å². The number of furan rings is 1. The van der Waals surface area contributed by atoms with Gasteiger partial charge in [-0.3, -0.25) is 4.79 Å². The third-order valence-electron chi connectivity index (χ3n) is 4.45. The highest BCUT2D eigenvalue weighted by Crippen LogP contribution is 2.31. The van der Waals surface area contributed by atoms with Gasteiger partial charge in [-0.15, -0.1) is 0 Å². The number of hydrogen-bond acceptors (Lipinski definition) is 4. The van der Waals surface area contributed by atoms with Gasteiger partial charge in [0.05, 0.1) is 12.7 Å². The molecule has 0 radical (unpaired) electrons. The molecule has 1 aromatic heterocycles. The van der Waals surface area contributed by atoms with Crippen molar-refractivity contribution < 1.29 is 18.7 Å². The molecule has 1 N–H and O–H groups in total. The Hall–Kier alpha value is -2.82. The van der Waals surface area contributed by atoms with Crippen LogP contribution in [0.15, 0.2) is 40.8 Å². The molecule has 1 unspecified atom stereocenters. The minimum absolute atomic E-state index is 0.270. The van der Waals surface area contributed by atoms with E-state index in [1.165, 1.54) is 18.7 Å². The maximum atomic E-state index is 12.1. The quantitative estimate of drug-likeness (QED) is 0.527. The molecule has 144 valence electrons. The van der Waals surface area contributed by atoms with Crippen molar-refractivity contribution in [2.75, 3.05) is 12.4 Å². The second kappa shape index (κ2) is 9.21. The molecule has 2 aromatic rings. The molecule has 0 aliphatic carbocycles. The van der Waals surface area contributed by atoms with E-state index in [0.29, 0.717) is 28.8 Å². The molecular weight excluding hydrogens is 342 g/mol. The Bertz CT molecular complexity index is 815. The molecule has 5 nitrogen and oxygen atoms in total. The van der Waals surface area contributed by atoms with Crippen molar-refractivity contribution in [3.8, 4) is 0 Å². The van der Waals surface area contributed by atoms with Crippen LogP contribution < -0.4 is 5.32 Å². The predicted molar refractivity (Wildman–Crippen MR) is 107 cm³/mol. The molecule has 0 aliphatic rings. The van der Waals surface area contributed by atoms with Gasteiger partial charge in [-0.1, -0.05) is 27.7 Å². The van der Waals surface area contributed by atoms with Crippen LogP contribution in [-0.4, -0.2) is 19.0 Å². The van der Waals surface area contributed by atoms with Crippen molar-refractivity contribution in [1.29, 1.82) is 0 Å². The van der Waals surface area contributed by atoms with Crippen LogP contribution in [0.4, 0.5) is 5.69 Å². The molecular formula is C22H27NO4. The fraction of sp³-hybridized carbons (Fsp3) is 0.364. The molecule has 1 heterocycles. The summed E-state index contributed by atoms with van der Waals surface area (Å²) in [7, 11) is 1.33. The monoisotopic (exact) mass is 369 g/mol. The lowest BCUT2D eigenvalue weighted by Crippen LogP contribution is -2.08. The predicted octanol–water partition coefficient (Wildman–Crippen LogP) is 5.36. The number of ether oxygens (including phenoxy) is 1. The van der Waals surface area contributed by atoms with Gasteiger partial charge in [0.1, 0.15) is 11.5 Å². The number of carbonyl (C=O) groups excluding carboxylic acids is 2. The summed E-state index contributed by atoms with van der Waals surface area (Å²) in [4.78, 5) is 23.6. The number of amides is 1. The topological polar surface area (TPSA) is 68.5 Å². The summed E-state index contributed by atoms with van der Waals surface area (Å²) in [5.74, 6) is 1.67. The Morgan fingerprint density at radius 1 is 1.19 bits per heavy atom. The number of hydrogen-bond donors (Lipinski definition) is 1. The number of methoxy groups -OCH3 is 1. The minimum atomic E-state index is -0.413. The van der Waals surface area contributed by atoms with Crippen molar-refractivity contribution in [3.05, 3.63) is 59.1 Å². The van der Waals surface area contributed by atoms with Gasteiger partial charge in [-0.05, 0) is 54.3 Å². The highest BCUT2D eigenvalue weighted by atomic mass is 16.5. The van der Waals surface area contributed by atoms with Gasteiger partial charge >= 0.3 is 5.97 Å². The highest BCUT2D eigenvalue weighted by Gasteiger charge is 2.17. The first kappa shape index (κ1) is 20.5. The summed E-state index contributed by atoms with van der Waals surface area (Å²) < 4.78 is 10.6. The van der Waals surface area contributed by atoms with Crippen LogP contribution in [0.1, 0.15) is 73.4 Å². The largest absolute Gasteiger partial charge is 0.465 e. The summed E-state index contributed by atoms with van der Waals surface area (Å²) in [6, 6.07) is 8.53. The molecule has 1 amide bonds. The number of carbonyl (C=O) groups is 2. The average molecular weight is 369 g/mol. The zero-order valence-electron chi connectivity index (χ0n) is 16.5. The maximum Gasteiger partial charge on any atom is 0.337 e. The van der Waals surface area contributed by atoms with Gasteiger partial charge in [0.15, 0.2) is 0 Å². The Kier molecular flexibility index (Phi) is 6.99. The summed E-state index contributed by atoms with van der Waals surface area (Å²) >= 11 is 0. The SMILES string of the molecule is CCC(C)c1cc(/C=C/C(=O)Nc2ccc(C(=O)OC)cc2)oc1C(C)C. The first-order valence-electron chi connectivity index (χ1n) is 9.16. The van der Waals surface area contributed by atoms with Crippen LogP contribution in [-0.2, 0) is 9.53 Å². The Morgan fingerprint density at radius 3 is 2.41 bits per heavy atom. The fourth-order valence-electron chi connectivity index (χ4n) is 2.73. The zero-order valence-corrected chi connectivity index (χ0v) is 16.5. The lowest BCUT2D eigenvalue weighted by atomic mass is 9.95. The van der Waals surface area contributed by atoms with E-state index in [9.17, 15) is 9.59 Å². The molecule has 2 rings (SSSR count). The molecule has 0 saturated carbocycles. The zero-order chi connectivity index (χ0) is 20.0.